The molecule has 6 rings (SSSR count). The van der Waals surface area contributed by atoms with Crippen LogP contribution in [0.5, 0.6) is 5.75 Å². The molecule has 18 heteroatoms. The molecule has 0 bridgehead atoms. The van der Waals surface area contributed by atoms with Crippen LogP contribution in [0.15, 0.2) is 67.1 Å². The molecule has 4 aromatic rings. The first kappa shape index (κ1) is 46.9. The number of ether oxygens (including phenoxy) is 2. The number of nitrogens with one attached hydrogen (secondary N) is 3. The van der Waals surface area contributed by atoms with Crippen LogP contribution in [0.1, 0.15) is 56.6 Å². The van der Waals surface area contributed by atoms with Gasteiger partial charge in [-0.3, -0.25) is 29.1 Å². The van der Waals surface area contributed by atoms with Gasteiger partial charge in [0.25, 0.3) is 5.91 Å². The summed E-state index contributed by atoms with van der Waals surface area (Å²) in [7, 11) is 1.41. The number of benzene rings is 2. The van der Waals surface area contributed by atoms with E-state index in [0.717, 1.165) is 5.56 Å². The van der Waals surface area contributed by atoms with E-state index in [9.17, 15) is 33.9 Å². The molecule has 4 amide bonds. The summed E-state index contributed by atoms with van der Waals surface area (Å²) in [6.07, 6.45) is 4.51. The molecule has 2 saturated heterocycles. The minimum absolute atomic E-state index is 0.00355. The van der Waals surface area contributed by atoms with Gasteiger partial charge < -0.3 is 40.3 Å². The van der Waals surface area contributed by atoms with E-state index >= 15 is 0 Å². The second-order valence-electron chi connectivity index (χ2n) is 16.9. The number of carbonyl (C=O) groups is 4. The maximum Gasteiger partial charge on any atom is 0.274 e. The van der Waals surface area contributed by atoms with Crippen LogP contribution in [-0.2, 0) is 19.1 Å². The van der Waals surface area contributed by atoms with Crippen molar-refractivity contribution in [3.8, 4) is 34.3 Å². The molecular weight excluding hydrogens is 824 g/mol. The molecule has 4 heterocycles. The summed E-state index contributed by atoms with van der Waals surface area (Å²) in [6, 6.07) is 14.2. The highest BCUT2D eigenvalue weighted by Gasteiger charge is 2.40. The van der Waals surface area contributed by atoms with Crippen LogP contribution < -0.4 is 25.6 Å². The van der Waals surface area contributed by atoms with Gasteiger partial charge >= 0.3 is 0 Å². The van der Waals surface area contributed by atoms with Crippen molar-refractivity contribution in [3.05, 3.63) is 84.2 Å². The van der Waals surface area contributed by atoms with Crippen molar-refractivity contribution in [2.45, 2.75) is 58.7 Å². The first-order valence-corrected chi connectivity index (χ1v) is 21.2. The van der Waals surface area contributed by atoms with Gasteiger partial charge in [0.05, 0.1) is 61.5 Å². The van der Waals surface area contributed by atoms with E-state index < -0.39 is 29.3 Å². The van der Waals surface area contributed by atoms with E-state index in [4.69, 9.17) is 9.47 Å². The fourth-order valence-electron chi connectivity index (χ4n) is 7.76. The number of rotatable bonds is 16. The van der Waals surface area contributed by atoms with E-state index in [1.165, 1.54) is 31.5 Å². The summed E-state index contributed by atoms with van der Waals surface area (Å²) in [5, 5.41) is 28.5. The average molecular weight is 879 g/mol. The molecule has 0 spiro atoms. The number of methoxy groups -OCH3 is 1. The van der Waals surface area contributed by atoms with Crippen molar-refractivity contribution < 1.29 is 38.1 Å². The second-order valence-corrected chi connectivity index (χ2v) is 16.9. The molecule has 0 unspecified atom stereocenters. The van der Waals surface area contributed by atoms with Gasteiger partial charge in [0.2, 0.25) is 17.7 Å². The number of nitrogens with zero attached hydrogens (tertiary/aromatic N) is 7. The third-order valence-corrected chi connectivity index (χ3v) is 11.2. The highest BCUT2D eigenvalue weighted by Crippen LogP contribution is 2.35. The molecule has 0 saturated carbocycles. The number of nitriles is 1. The van der Waals surface area contributed by atoms with Crippen molar-refractivity contribution in [2.75, 3.05) is 76.4 Å². The summed E-state index contributed by atoms with van der Waals surface area (Å²) >= 11 is 0. The highest BCUT2D eigenvalue weighted by molar-refractivity contribution is 6.05. The van der Waals surface area contributed by atoms with Crippen LogP contribution in [0.3, 0.4) is 0 Å². The lowest BCUT2D eigenvalue weighted by Gasteiger charge is -2.36. The Hall–Kier alpha value is -6.55. The number of carbonyl (C=O) groups excluding carboxylic acids is 4. The van der Waals surface area contributed by atoms with E-state index in [1.54, 1.807) is 41.6 Å². The van der Waals surface area contributed by atoms with Crippen LogP contribution in [0.4, 0.5) is 15.8 Å². The van der Waals surface area contributed by atoms with Crippen molar-refractivity contribution in [1.82, 2.24) is 35.4 Å². The monoisotopic (exact) mass is 878 g/mol. The minimum Gasteiger partial charge on any atom is -0.496 e. The van der Waals surface area contributed by atoms with Crippen LogP contribution in [0, 0.1) is 22.6 Å². The van der Waals surface area contributed by atoms with Crippen LogP contribution in [-0.4, -0.2) is 138 Å². The minimum atomic E-state index is -0.754. The fourth-order valence-corrected chi connectivity index (χ4v) is 7.76. The number of hydrogen-bond acceptors (Lipinski definition) is 13. The third kappa shape index (κ3) is 11.7. The summed E-state index contributed by atoms with van der Waals surface area (Å²) in [6.45, 7) is 10.6. The Morgan fingerprint density at radius 1 is 1.03 bits per heavy atom. The zero-order valence-corrected chi connectivity index (χ0v) is 36.8. The summed E-state index contributed by atoms with van der Waals surface area (Å²) in [5.41, 5.74) is 2.43. The van der Waals surface area contributed by atoms with Gasteiger partial charge in [0.1, 0.15) is 23.3 Å². The smallest absolute Gasteiger partial charge is 0.274 e. The number of pyridine rings is 1. The van der Waals surface area contributed by atoms with Crippen LogP contribution in [0.25, 0.3) is 22.5 Å². The van der Waals surface area contributed by atoms with Gasteiger partial charge in [-0.2, -0.15) is 5.26 Å². The first-order valence-electron chi connectivity index (χ1n) is 21.2. The lowest BCUT2D eigenvalue weighted by atomic mass is 9.85. The van der Waals surface area contributed by atoms with Gasteiger partial charge in [-0.25, -0.2) is 14.4 Å². The molecule has 2 aromatic heterocycles. The van der Waals surface area contributed by atoms with E-state index in [0.29, 0.717) is 55.1 Å². The molecule has 0 aliphatic carbocycles. The number of likely N-dealkylation sites (tertiary alicyclic amines) is 1. The summed E-state index contributed by atoms with van der Waals surface area (Å²) < 4.78 is 25.8. The lowest BCUT2D eigenvalue weighted by molar-refractivity contribution is -0.140. The molecule has 17 nitrogen and oxygen atoms in total. The second kappa shape index (κ2) is 21.2. The Morgan fingerprint density at radius 3 is 2.52 bits per heavy atom. The van der Waals surface area contributed by atoms with Crippen LogP contribution >= 0.6 is 0 Å². The Labute approximate surface area is 372 Å². The zero-order valence-electron chi connectivity index (χ0n) is 36.8. The van der Waals surface area contributed by atoms with Crippen molar-refractivity contribution in [2.24, 2.45) is 5.41 Å². The van der Waals surface area contributed by atoms with E-state index in [1.807, 2.05) is 38.7 Å². The summed E-state index contributed by atoms with van der Waals surface area (Å²) in [5.74, 6) is -1.66. The van der Waals surface area contributed by atoms with Gasteiger partial charge in [-0.15, -0.1) is 0 Å². The van der Waals surface area contributed by atoms with Gasteiger partial charge in [0, 0.05) is 75.9 Å². The molecular formula is C46H55FN10O7. The fraction of sp³-hybridized carbons (Fsp3) is 0.435. The molecule has 2 aliphatic rings. The molecule has 64 heavy (non-hydrogen) atoms. The topological polar surface area (TPSA) is 215 Å². The van der Waals surface area contributed by atoms with E-state index in [-0.39, 0.29) is 85.9 Å². The number of aliphatic hydroxyl groups excluding tert-OH is 1. The van der Waals surface area contributed by atoms with Crippen LogP contribution in [0.2, 0.25) is 0 Å². The number of amides is 4. The first-order chi connectivity index (χ1) is 30.7. The van der Waals surface area contributed by atoms with Crippen molar-refractivity contribution in [3.63, 3.8) is 0 Å². The normalized spacial score (nSPS) is 17.0. The number of piperazine rings is 1. The number of anilines is 2. The number of hydrogen-bond donors (Lipinski definition) is 4. The van der Waals surface area contributed by atoms with Gasteiger partial charge in [0.15, 0.2) is 5.82 Å². The maximum absolute atomic E-state index is 14.9. The van der Waals surface area contributed by atoms with Crippen molar-refractivity contribution in [1.29, 1.82) is 5.26 Å². The number of aromatic nitrogens is 3. The molecule has 338 valence electrons. The number of aliphatic hydroxyl groups is 1. The molecule has 2 aromatic carbocycles. The predicted molar refractivity (Wildman–Crippen MR) is 237 cm³/mol. The summed E-state index contributed by atoms with van der Waals surface area (Å²) in [4.78, 5) is 71.3. The molecule has 4 N–H and O–H groups in total. The highest BCUT2D eigenvalue weighted by atomic mass is 19.1. The van der Waals surface area contributed by atoms with E-state index in [2.05, 4.69) is 41.9 Å². The Bertz CT molecular complexity index is 2360. The molecule has 3 atom stereocenters. The zero-order chi connectivity index (χ0) is 46.0. The van der Waals surface area contributed by atoms with Gasteiger partial charge in [-0.05, 0) is 60.7 Å². The number of halogens is 1. The Kier molecular flexibility index (Phi) is 15.6. The predicted octanol–water partition coefficient (Wildman–Crippen LogP) is 3.63. The quantitative estimate of drug-likeness (QED) is 0.119. The average Bonchev–Trinajstić information content (AvgIpc) is 3.63. The van der Waals surface area contributed by atoms with Gasteiger partial charge in [-0.1, -0.05) is 32.9 Å². The Balaban J connectivity index is 1.02. The molecule has 2 aliphatic heterocycles. The largest absolute Gasteiger partial charge is 0.496 e. The molecule has 2 fully saturated rings. The van der Waals surface area contributed by atoms with Crippen molar-refractivity contribution >= 4 is 35.0 Å². The standard InChI is InChI=1S/C46H55FN10O7/c1-29-23-32(58)27-57(29)45(62)42(46(2,3)4)54-39(59)13-21-64-22-16-50-40(60)28-55-17-19-56(20-18-55)37-24-30(33-26-49-14-11-31(33)25-48)9-10-35(37)53-44(61)36-12-15-51-43(52-36)41-34(47)7-6-8-38(41)63-5/h6-12,14-15,24,26,29,32,42,58H,13,16-23,27-28H2,1-5H3,(H,50,60)(H,53,61)(H,54,59)/t29-,32-,42-/m1/s1. The molecule has 0 radical (unpaired) electrons. The maximum atomic E-state index is 14.9. The Morgan fingerprint density at radius 2 is 1.81 bits per heavy atom. The number of β-amino-alcohol motifs (C(OH)–C–C–N with tert-alkyl or cyclic N) is 1. The lowest BCUT2D eigenvalue weighted by Crippen LogP contribution is -2.55. The SMILES string of the molecule is COc1cccc(F)c1-c1nccc(C(=O)Nc2ccc(-c3cnccc3C#N)cc2N2CCN(CC(=O)NCCOCCC(=O)N[C@H](C(=O)N3C[C@H](O)C[C@H]3C)C(C)(C)C)CC2)n1. The third-order valence-electron chi connectivity index (χ3n) is 11.2.